The Morgan fingerprint density at radius 2 is 1.83 bits per heavy atom. The van der Waals surface area contributed by atoms with Crippen molar-refractivity contribution >= 4 is 10.9 Å². The zero-order valence-corrected chi connectivity index (χ0v) is 23.0. The molecule has 3 aromatic carbocycles. The molecule has 2 aliphatic heterocycles. The summed E-state index contributed by atoms with van der Waals surface area (Å²) in [6.07, 6.45) is 5.92. The van der Waals surface area contributed by atoms with Gasteiger partial charge in [0.05, 0.1) is 5.52 Å². The molecular weight excluding hydrogens is 521 g/mol. The summed E-state index contributed by atoms with van der Waals surface area (Å²) in [5.74, 6) is 3.20. The summed E-state index contributed by atoms with van der Waals surface area (Å²) in [5.41, 5.74) is 4.40. The molecule has 1 fully saturated rings. The Labute approximate surface area is 237 Å². The maximum atomic E-state index is 13.7. The lowest BCUT2D eigenvalue weighted by atomic mass is 9.89. The van der Waals surface area contributed by atoms with Crippen LogP contribution in [0.15, 0.2) is 73.2 Å². The molecule has 0 saturated carbocycles. The molecule has 7 rings (SSSR count). The van der Waals surface area contributed by atoms with Crippen molar-refractivity contribution in [3.63, 3.8) is 0 Å². The van der Waals surface area contributed by atoms with E-state index in [-0.39, 0.29) is 5.82 Å². The van der Waals surface area contributed by atoms with Gasteiger partial charge in [-0.1, -0.05) is 6.07 Å². The van der Waals surface area contributed by atoms with Crippen LogP contribution in [0.2, 0.25) is 0 Å². The van der Waals surface area contributed by atoms with Crippen molar-refractivity contribution in [2.45, 2.75) is 18.8 Å². The van der Waals surface area contributed by atoms with Crippen LogP contribution in [-0.2, 0) is 7.05 Å². The third-order valence-corrected chi connectivity index (χ3v) is 8.13. The van der Waals surface area contributed by atoms with Gasteiger partial charge >= 0.3 is 0 Å². The van der Waals surface area contributed by atoms with E-state index in [9.17, 15) is 4.39 Å². The largest absolute Gasteiger partial charge is 0.488 e. The second-order valence-electron chi connectivity index (χ2n) is 10.6. The summed E-state index contributed by atoms with van der Waals surface area (Å²) in [5, 5.41) is 5.46. The first-order valence-corrected chi connectivity index (χ1v) is 14.1. The number of aryl methyl sites for hydroxylation is 1. The predicted octanol–water partition coefficient (Wildman–Crippen LogP) is 5.59. The molecule has 2 aromatic heterocycles. The number of nitrogens with zero attached hydrogens (tertiary/aromatic N) is 5. The fourth-order valence-electron chi connectivity index (χ4n) is 6.01. The number of halogens is 1. The fraction of sp³-hybridized carbons (Fsp3) is 0.312. The third-order valence-electron chi connectivity index (χ3n) is 8.13. The van der Waals surface area contributed by atoms with E-state index in [1.54, 1.807) is 11.0 Å². The smallest absolute Gasteiger partial charge is 0.203 e. The molecule has 4 heterocycles. The number of para-hydroxylation sites is 1. The number of ether oxygens (including phenoxy) is 3. The van der Waals surface area contributed by atoms with Crippen LogP contribution in [0, 0.1) is 5.82 Å². The van der Waals surface area contributed by atoms with Crippen molar-refractivity contribution in [2.75, 3.05) is 39.5 Å². The molecular formula is C32H32FN5O3. The molecule has 1 saturated heterocycles. The van der Waals surface area contributed by atoms with E-state index < -0.39 is 0 Å². The minimum absolute atomic E-state index is 0.237. The summed E-state index contributed by atoms with van der Waals surface area (Å²) < 4.78 is 35.2. The van der Waals surface area contributed by atoms with Crippen LogP contribution in [-0.4, -0.2) is 63.7 Å². The monoisotopic (exact) mass is 553 g/mol. The Morgan fingerprint density at radius 1 is 1.00 bits per heavy atom. The fourth-order valence-corrected chi connectivity index (χ4v) is 6.01. The molecule has 0 amide bonds. The van der Waals surface area contributed by atoms with Gasteiger partial charge in [0.1, 0.15) is 32.0 Å². The Bertz CT molecular complexity index is 1670. The maximum absolute atomic E-state index is 13.7. The van der Waals surface area contributed by atoms with Crippen LogP contribution in [0.1, 0.15) is 24.3 Å². The lowest BCUT2D eigenvalue weighted by molar-refractivity contribution is 0.150. The maximum Gasteiger partial charge on any atom is 0.203 e. The molecule has 9 heteroatoms. The molecule has 2 aliphatic rings. The summed E-state index contributed by atoms with van der Waals surface area (Å²) in [7, 11) is 1.91. The van der Waals surface area contributed by atoms with Gasteiger partial charge in [0, 0.05) is 36.4 Å². The first-order valence-electron chi connectivity index (χ1n) is 14.1. The zero-order chi connectivity index (χ0) is 27.8. The molecule has 0 spiro atoms. The summed E-state index contributed by atoms with van der Waals surface area (Å²) >= 11 is 0. The van der Waals surface area contributed by atoms with Gasteiger partial charge in [-0.25, -0.2) is 14.1 Å². The van der Waals surface area contributed by atoms with Crippen LogP contribution in [0.25, 0.3) is 28.0 Å². The van der Waals surface area contributed by atoms with Gasteiger partial charge < -0.3 is 18.8 Å². The Kier molecular flexibility index (Phi) is 6.80. The van der Waals surface area contributed by atoms with Gasteiger partial charge in [-0.05, 0) is 92.0 Å². The molecule has 0 radical (unpaired) electrons. The van der Waals surface area contributed by atoms with Crippen LogP contribution in [0.4, 0.5) is 4.39 Å². The minimum Gasteiger partial charge on any atom is -0.488 e. The average Bonchev–Trinajstić information content (AvgIpc) is 3.61. The van der Waals surface area contributed by atoms with E-state index in [1.807, 2.05) is 37.4 Å². The summed E-state index contributed by atoms with van der Waals surface area (Å²) in [6, 6.07) is 18.9. The Balaban J connectivity index is 1.09. The van der Waals surface area contributed by atoms with Gasteiger partial charge in [0.2, 0.25) is 5.75 Å². The third kappa shape index (κ3) is 5.02. The highest BCUT2D eigenvalue weighted by molar-refractivity contribution is 5.89. The number of likely N-dealkylation sites (tertiary alicyclic amines) is 1. The van der Waals surface area contributed by atoms with Gasteiger partial charge in [-0.15, -0.1) is 0 Å². The first kappa shape index (κ1) is 25.6. The van der Waals surface area contributed by atoms with Crippen LogP contribution < -0.4 is 14.2 Å². The molecule has 0 unspecified atom stereocenters. The second kappa shape index (κ2) is 10.9. The summed E-state index contributed by atoms with van der Waals surface area (Å²) in [4.78, 5) is 6.93. The van der Waals surface area contributed by atoms with Gasteiger partial charge in [0.15, 0.2) is 17.3 Å². The van der Waals surface area contributed by atoms with Crippen LogP contribution in [0.3, 0.4) is 0 Å². The highest BCUT2D eigenvalue weighted by Gasteiger charge is 2.25. The van der Waals surface area contributed by atoms with Crippen molar-refractivity contribution in [2.24, 2.45) is 7.05 Å². The van der Waals surface area contributed by atoms with Crippen molar-refractivity contribution in [3.05, 3.63) is 84.6 Å². The zero-order valence-electron chi connectivity index (χ0n) is 23.0. The molecule has 0 atom stereocenters. The Hall–Kier alpha value is -4.37. The van der Waals surface area contributed by atoms with E-state index >= 15 is 0 Å². The lowest BCUT2D eigenvalue weighted by Crippen LogP contribution is -2.35. The number of fused-ring (bicyclic) bond motifs is 2. The molecule has 0 aliphatic carbocycles. The van der Waals surface area contributed by atoms with Gasteiger partial charge in [0.25, 0.3) is 0 Å². The van der Waals surface area contributed by atoms with Crippen LogP contribution >= 0.6 is 0 Å². The number of rotatable bonds is 7. The number of piperidine rings is 1. The first-order chi connectivity index (χ1) is 20.1. The van der Waals surface area contributed by atoms with E-state index in [0.29, 0.717) is 31.5 Å². The highest BCUT2D eigenvalue weighted by atomic mass is 19.1. The minimum atomic E-state index is -0.237. The van der Waals surface area contributed by atoms with Gasteiger partial charge in [-0.3, -0.25) is 4.90 Å². The van der Waals surface area contributed by atoms with Crippen molar-refractivity contribution in [3.8, 4) is 34.3 Å². The molecule has 5 aromatic rings. The predicted molar refractivity (Wildman–Crippen MR) is 155 cm³/mol. The van der Waals surface area contributed by atoms with Crippen molar-refractivity contribution in [1.29, 1.82) is 0 Å². The number of aromatic nitrogens is 4. The molecule has 41 heavy (non-hydrogen) atoms. The van der Waals surface area contributed by atoms with Crippen molar-refractivity contribution < 1.29 is 18.6 Å². The normalized spacial score (nSPS) is 15.9. The molecule has 0 bridgehead atoms. The molecule has 210 valence electrons. The highest BCUT2D eigenvalue weighted by Crippen LogP contribution is 2.40. The quantitative estimate of drug-likeness (QED) is 0.262. The van der Waals surface area contributed by atoms with E-state index in [0.717, 1.165) is 66.6 Å². The topological polar surface area (TPSA) is 66.6 Å². The number of benzene rings is 3. The van der Waals surface area contributed by atoms with Crippen LogP contribution in [0.5, 0.6) is 17.2 Å². The standard InChI is InChI=1S/C32H32FN5O3/c1-36-32(34-21-35-36)23-5-10-28-26(19-23)27(20-38(28)25-8-6-24(33)7-9-25)22-11-13-37(14-12-22)15-16-39-29-3-2-4-30-31(29)41-18-17-40-30/h2-10,19-22H,11-18H2,1H3. The number of hydrogen-bond acceptors (Lipinski definition) is 6. The van der Waals surface area contributed by atoms with Gasteiger partial charge in [-0.2, -0.15) is 5.10 Å². The molecule has 8 nitrogen and oxygen atoms in total. The average molecular weight is 554 g/mol. The second-order valence-corrected chi connectivity index (χ2v) is 10.6. The van der Waals surface area contributed by atoms with E-state index in [1.165, 1.54) is 23.1 Å². The number of hydrogen-bond donors (Lipinski definition) is 0. The Morgan fingerprint density at radius 3 is 2.63 bits per heavy atom. The lowest BCUT2D eigenvalue weighted by Gasteiger charge is -2.32. The van der Waals surface area contributed by atoms with E-state index in [2.05, 4.69) is 43.9 Å². The molecule has 0 N–H and O–H groups in total. The van der Waals surface area contributed by atoms with Crippen molar-refractivity contribution in [1.82, 2.24) is 24.2 Å². The summed E-state index contributed by atoms with van der Waals surface area (Å²) in [6.45, 7) is 4.54. The van der Waals surface area contributed by atoms with E-state index in [4.69, 9.17) is 14.2 Å². The SMILES string of the molecule is Cn1ncnc1-c1ccc2c(c1)c(C1CCN(CCOc3cccc4c3OCCO4)CC1)cn2-c1ccc(F)cc1.